The van der Waals surface area contributed by atoms with Crippen LogP contribution in [0.25, 0.3) is 0 Å². The molecule has 6 heteroatoms. The van der Waals surface area contributed by atoms with Gasteiger partial charge in [0.05, 0.1) is 17.0 Å². The average molecular weight is 366 g/mol. The third-order valence-electron chi connectivity index (χ3n) is 7.75. The van der Waals surface area contributed by atoms with E-state index in [2.05, 4.69) is 6.58 Å². The Morgan fingerprint density at radius 3 is 2.48 bits per heavy atom. The number of nitrogens with zero attached hydrogens (tertiary/aromatic N) is 1. The first-order valence-electron chi connectivity index (χ1n) is 9.13. The van der Waals surface area contributed by atoms with Crippen LogP contribution < -0.4 is 10.6 Å². The topological polar surface area (TPSA) is 89.7 Å². The van der Waals surface area contributed by atoms with E-state index in [9.17, 15) is 14.4 Å². The fourth-order valence-corrected chi connectivity index (χ4v) is 6.02. The molecule has 4 aliphatic rings. The van der Waals surface area contributed by atoms with Crippen molar-refractivity contribution in [2.45, 2.75) is 38.0 Å². The second kappa shape index (κ2) is 4.23. The Kier molecular flexibility index (Phi) is 2.64. The van der Waals surface area contributed by atoms with Gasteiger partial charge < -0.3 is 15.4 Å². The van der Waals surface area contributed by atoms with Crippen LogP contribution in [0.15, 0.2) is 30.9 Å². The van der Waals surface area contributed by atoms with Crippen molar-refractivity contribution in [3.63, 3.8) is 0 Å². The quantitative estimate of drug-likeness (QED) is 0.759. The van der Waals surface area contributed by atoms with Crippen molar-refractivity contribution in [2.75, 3.05) is 11.9 Å². The lowest BCUT2D eigenvalue weighted by Crippen LogP contribution is -2.69. The summed E-state index contributed by atoms with van der Waals surface area (Å²) < 4.78 is 6.33. The second-order valence-electron chi connectivity index (χ2n) is 8.93. The summed E-state index contributed by atoms with van der Waals surface area (Å²) in [6.07, 6.45) is 0.453. The van der Waals surface area contributed by atoms with Gasteiger partial charge in [-0.05, 0) is 18.6 Å². The van der Waals surface area contributed by atoms with Gasteiger partial charge in [-0.1, -0.05) is 32.1 Å². The lowest BCUT2D eigenvalue weighted by atomic mass is 9.53. The van der Waals surface area contributed by atoms with Gasteiger partial charge in [0.25, 0.3) is 5.91 Å². The Labute approximate surface area is 157 Å². The third kappa shape index (κ3) is 1.27. The van der Waals surface area contributed by atoms with Crippen molar-refractivity contribution in [3.8, 4) is 0 Å². The maximum Gasteiger partial charge on any atom is 0.264 e. The average Bonchev–Trinajstić information content (AvgIpc) is 3.00. The van der Waals surface area contributed by atoms with E-state index in [4.69, 9.17) is 10.5 Å². The first kappa shape index (κ1) is 16.8. The fraction of sp³-hybridized carbons (Fsp3) is 0.476. The molecule has 0 unspecified atom stereocenters. The molecule has 1 aromatic carbocycles. The summed E-state index contributed by atoms with van der Waals surface area (Å²) in [5.74, 6) is -1.59. The van der Waals surface area contributed by atoms with Gasteiger partial charge in [0.2, 0.25) is 0 Å². The smallest absolute Gasteiger partial charge is 0.264 e. The number of ketones is 2. The molecule has 6 nitrogen and oxygen atoms in total. The van der Waals surface area contributed by atoms with Crippen LogP contribution in [0.4, 0.5) is 5.69 Å². The van der Waals surface area contributed by atoms with Crippen molar-refractivity contribution in [1.82, 2.24) is 0 Å². The fourth-order valence-electron chi connectivity index (χ4n) is 6.02. The number of ether oxygens (including phenoxy) is 1. The molecule has 2 N–H and O–H groups in total. The van der Waals surface area contributed by atoms with Gasteiger partial charge in [-0.2, -0.15) is 0 Å². The van der Waals surface area contributed by atoms with Gasteiger partial charge in [0.1, 0.15) is 11.6 Å². The molecule has 0 aromatic heterocycles. The van der Waals surface area contributed by atoms with Gasteiger partial charge >= 0.3 is 0 Å². The summed E-state index contributed by atoms with van der Waals surface area (Å²) in [5, 5.41) is 0. The number of fused-ring (bicyclic) bond motifs is 2. The molecule has 0 radical (unpaired) electrons. The standard InChI is InChI=1S/C21H22N2O4/c1-6-19(4)16(25)14-13-15(24)20(19,22)10-8-7-9-11-12(10)21(27-14,18(13,2)3)17(26)23(11)5/h6-9,13-14H,1,22H2,2-5H3/t13-,14+,19+,20+,21-/m0/s1. The Morgan fingerprint density at radius 1 is 1.19 bits per heavy atom. The highest BCUT2D eigenvalue weighted by Gasteiger charge is 2.81. The maximum absolute atomic E-state index is 13.8. The number of hydrogen-bond acceptors (Lipinski definition) is 5. The Balaban J connectivity index is 2.05. The molecule has 1 saturated carbocycles. The molecule has 5 rings (SSSR count). The SMILES string of the molecule is C=C[C@]1(C)C(=O)[C@@H]2O[C@]34C(=O)N(C)c5cccc(c53)[C@@]1(N)C(=O)[C@H]2C4(C)C. The lowest BCUT2D eigenvalue weighted by molar-refractivity contribution is -0.167. The second-order valence-corrected chi connectivity index (χ2v) is 8.93. The van der Waals surface area contributed by atoms with Gasteiger partial charge in [0, 0.05) is 18.0 Å². The molecule has 1 aromatic rings. The van der Waals surface area contributed by atoms with Crippen molar-refractivity contribution >= 4 is 23.2 Å². The summed E-state index contributed by atoms with van der Waals surface area (Å²) >= 11 is 0. The molecule has 2 heterocycles. The summed E-state index contributed by atoms with van der Waals surface area (Å²) in [6.45, 7) is 9.15. The largest absolute Gasteiger partial charge is 0.348 e. The van der Waals surface area contributed by atoms with E-state index in [-0.39, 0.29) is 17.5 Å². The molecule has 3 bridgehead atoms. The minimum absolute atomic E-state index is 0.255. The summed E-state index contributed by atoms with van der Waals surface area (Å²) in [6, 6.07) is 5.35. The Hall–Kier alpha value is -2.31. The molecule has 5 atom stereocenters. The number of hydrogen-bond donors (Lipinski definition) is 1. The van der Waals surface area contributed by atoms with Crippen LogP contribution in [0, 0.1) is 16.7 Å². The molecule has 1 spiro atoms. The molecular weight excluding hydrogens is 344 g/mol. The first-order valence-corrected chi connectivity index (χ1v) is 9.13. The molecule has 2 aliphatic carbocycles. The van der Waals surface area contributed by atoms with Crippen LogP contribution >= 0.6 is 0 Å². The number of likely N-dealkylation sites (N-methyl/N-ethyl adjacent to an activating group) is 1. The number of Topliss-reactive ketones (excluding diaryl/α,β-unsaturated/α-hetero) is 2. The molecule has 140 valence electrons. The minimum Gasteiger partial charge on any atom is -0.348 e. The molecule has 2 fully saturated rings. The van der Waals surface area contributed by atoms with Gasteiger partial charge in [-0.15, -0.1) is 6.58 Å². The normalized spacial score (nSPS) is 43.1. The molecule has 27 heavy (non-hydrogen) atoms. The first-order chi connectivity index (χ1) is 12.5. The number of carbonyl (C=O) groups is 3. The van der Waals surface area contributed by atoms with Crippen LogP contribution in [-0.4, -0.2) is 30.6 Å². The van der Waals surface area contributed by atoms with Crippen LogP contribution in [0.1, 0.15) is 31.9 Å². The van der Waals surface area contributed by atoms with Crippen molar-refractivity contribution in [2.24, 2.45) is 22.5 Å². The van der Waals surface area contributed by atoms with Crippen molar-refractivity contribution in [3.05, 3.63) is 42.0 Å². The third-order valence-corrected chi connectivity index (χ3v) is 7.75. The predicted octanol–water partition coefficient (Wildman–Crippen LogP) is 1.41. The molecule has 2 aliphatic heterocycles. The monoisotopic (exact) mass is 366 g/mol. The molecular formula is C21H22N2O4. The van der Waals surface area contributed by atoms with Crippen LogP contribution in [-0.2, 0) is 30.3 Å². The highest BCUT2D eigenvalue weighted by Crippen LogP contribution is 2.70. The Morgan fingerprint density at radius 2 is 1.85 bits per heavy atom. The lowest BCUT2D eigenvalue weighted by Gasteiger charge is -2.50. The highest BCUT2D eigenvalue weighted by molar-refractivity contribution is 6.16. The van der Waals surface area contributed by atoms with Crippen molar-refractivity contribution < 1.29 is 19.1 Å². The number of nitrogens with two attached hydrogens (primary N) is 1. The van der Waals surface area contributed by atoms with E-state index in [1.54, 1.807) is 31.0 Å². The van der Waals surface area contributed by atoms with E-state index >= 15 is 0 Å². The van der Waals surface area contributed by atoms with Gasteiger partial charge in [0.15, 0.2) is 17.2 Å². The number of rotatable bonds is 1. The van der Waals surface area contributed by atoms with Crippen molar-refractivity contribution in [1.29, 1.82) is 0 Å². The van der Waals surface area contributed by atoms with E-state index in [0.717, 1.165) is 0 Å². The zero-order valence-electron chi connectivity index (χ0n) is 15.8. The Bertz CT molecular complexity index is 998. The minimum atomic E-state index is -1.59. The number of amides is 1. The summed E-state index contributed by atoms with van der Waals surface area (Å²) in [5.41, 5.74) is 3.44. The van der Waals surface area contributed by atoms with Gasteiger partial charge in [-0.3, -0.25) is 14.4 Å². The number of anilines is 1. The van der Waals surface area contributed by atoms with E-state index < -0.39 is 34.0 Å². The maximum atomic E-state index is 13.8. The molecule has 1 amide bonds. The predicted molar refractivity (Wildman–Crippen MR) is 97.9 cm³/mol. The summed E-state index contributed by atoms with van der Waals surface area (Å²) in [7, 11) is 1.69. The highest BCUT2D eigenvalue weighted by atomic mass is 16.5. The van der Waals surface area contributed by atoms with Gasteiger partial charge in [-0.25, -0.2) is 0 Å². The number of carbonyl (C=O) groups excluding carboxylic acids is 3. The van der Waals surface area contributed by atoms with Crippen LogP contribution in [0.3, 0.4) is 0 Å². The summed E-state index contributed by atoms with van der Waals surface area (Å²) in [4.78, 5) is 42.4. The number of benzene rings is 1. The molecule has 1 saturated heterocycles. The van der Waals surface area contributed by atoms with E-state index in [0.29, 0.717) is 16.8 Å². The zero-order valence-corrected chi connectivity index (χ0v) is 15.8. The van der Waals surface area contributed by atoms with E-state index in [1.165, 1.54) is 6.08 Å². The zero-order chi connectivity index (χ0) is 19.7. The van der Waals surface area contributed by atoms with E-state index in [1.807, 2.05) is 19.9 Å². The van der Waals surface area contributed by atoms with Crippen LogP contribution in [0.2, 0.25) is 0 Å². The van der Waals surface area contributed by atoms with Crippen LogP contribution in [0.5, 0.6) is 0 Å².